The summed E-state index contributed by atoms with van der Waals surface area (Å²) in [7, 11) is -3.22. The molecule has 0 saturated carbocycles. The fraction of sp³-hybridized carbons (Fsp3) is 0.500. The molecular formula is C22H30N4O4S. The lowest BCUT2D eigenvalue weighted by molar-refractivity contribution is 0.0188. The molecule has 1 amide bonds. The van der Waals surface area contributed by atoms with Gasteiger partial charge in [0.05, 0.1) is 23.0 Å². The topological polar surface area (TPSA) is 101 Å². The summed E-state index contributed by atoms with van der Waals surface area (Å²) in [5.74, 6) is 1.13. The predicted octanol–water partition coefficient (Wildman–Crippen LogP) is 3.61. The van der Waals surface area contributed by atoms with Gasteiger partial charge in [0.2, 0.25) is 0 Å². The number of rotatable bonds is 5. The van der Waals surface area contributed by atoms with Crippen molar-refractivity contribution in [3.05, 3.63) is 36.7 Å². The van der Waals surface area contributed by atoms with E-state index in [0.717, 1.165) is 24.9 Å². The van der Waals surface area contributed by atoms with E-state index in [0.29, 0.717) is 30.5 Å². The second kappa shape index (κ2) is 9.21. The molecule has 168 valence electrons. The summed E-state index contributed by atoms with van der Waals surface area (Å²) < 4.78 is 28.6. The number of amides is 1. The minimum atomic E-state index is -3.22. The van der Waals surface area contributed by atoms with Crippen LogP contribution in [0.25, 0.3) is 11.3 Å². The van der Waals surface area contributed by atoms with Gasteiger partial charge < -0.3 is 15.0 Å². The number of carbonyl (C=O) groups is 1. The summed E-state index contributed by atoms with van der Waals surface area (Å²) in [5, 5.41) is 3.32. The quantitative estimate of drug-likeness (QED) is 0.749. The Labute approximate surface area is 184 Å². The van der Waals surface area contributed by atoms with E-state index in [-0.39, 0.29) is 11.0 Å². The molecule has 1 saturated heterocycles. The SMILES string of the molecule is CC(C)(C)OC(=O)N1CCC(CNc2cnc(-c3ccc(S(C)(=O)=O)cc3)cn2)CC1. The summed E-state index contributed by atoms with van der Waals surface area (Å²) in [4.78, 5) is 23.1. The van der Waals surface area contributed by atoms with E-state index in [2.05, 4.69) is 15.3 Å². The zero-order chi connectivity index (χ0) is 22.6. The zero-order valence-electron chi connectivity index (χ0n) is 18.5. The fourth-order valence-electron chi connectivity index (χ4n) is 3.34. The van der Waals surface area contributed by atoms with Gasteiger partial charge in [0.25, 0.3) is 0 Å². The number of carbonyl (C=O) groups excluding carboxylic acids is 1. The van der Waals surface area contributed by atoms with Gasteiger partial charge in [0, 0.05) is 31.5 Å². The van der Waals surface area contributed by atoms with Gasteiger partial charge in [-0.15, -0.1) is 0 Å². The van der Waals surface area contributed by atoms with Crippen LogP contribution in [0.1, 0.15) is 33.6 Å². The Morgan fingerprint density at radius 2 is 1.77 bits per heavy atom. The number of likely N-dealkylation sites (tertiary alicyclic amines) is 1. The van der Waals surface area contributed by atoms with E-state index in [1.165, 1.54) is 6.26 Å². The van der Waals surface area contributed by atoms with Crippen LogP contribution in [-0.2, 0) is 14.6 Å². The van der Waals surface area contributed by atoms with Gasteiger partial charge in [-0.1, -0.05) is 12.1 Å². The number of piperidine rings is 1. The smallest absolute Gasteiger partial charge is 0.410 e. The van der Waals surface area contributed by atoms with Crippen molar-refractivity contribution >= 4 is 21.7 Å². The number of hydrogen-bond donors (Lipinski definition) is 1. The third kappa shape index (κ3) is 6.65. The molecule has 0 unspecified atom stereocenters. The Morgan fingerprint density at radius 1 is 1.13 bits per heavy atom. The highest BCUT2D eigenvalue weighted by molar-refractivity contribution is 7.90. The van der Waals surface area contributed by atoms with Crippen LogP contribution >= 0.6 is 0 Å². The highest BCUT2D eigenvalue weighted by Crippen LogP contribution is 2.22. The van der Waals surface area contributed by atoms with Crippen LogP contribution in [0.3, 0.4) is 0 Å². The number of benzene rings is 1. The van der Waals surface area contributed by atoms with Crippen molar-refractivity contribution in [2.45, 2.75) is 44.1 Å². The lowest BCUT2D eigenvalue weighted by atomic mass is 9.97. The first kappa shape index (κ1) is 23.0. The Hall–Kier alpha value is -2.68. The molecule has 0 atom stereocenters. The fourth-order valence-corrected chi connectivity index (χ4v) is 3.97. The first-order chi connectivity index (χ1) is 14.5. The Bertz CT molecular complexity index is 991. The average molecular weight is 447 g/mol. The van der Waals surface area contributed by atoms with Gasteiger partial charge >= 0.3 is 6.09 Å². The Morgan fingerprint density at radius 3 is 2.29 bits per heavy atom. The minimum Gasteiger partial charge on any atom is -0.444 e. The lowest BCUT2D eigenvalue weighted by Gasteiger charge is -2.33. The van der Waals surface area contributed by atoms with E-state index in [4.69, 9.17) is 4.74 Å². The van der Waals surface area contributed by atoms with E-state index in [1.54, 1.807) is 41.6 Å². The molecular weight excluding hydrogens is 416 g/mol. The van der Waals surface area contributed by atoms with Crippen molar-refractivity contribution in [2.24, 2.45) is 5.92 Å². The zero-order valence-corrected chi connectivity index (χ0v) is 19.3. The molecule has 2 heterocycles. The monoisotopic (exact) mass is 446 g/mol. The average Bonchev–Trinajstić information content (AvgIpc) is 2.71. The number of aromatic nitrogens is 2. The lowest BCUT2D eigenvalue weighted by Crippen LogP contribution is -2.42. The number of hydrogen-bond acceptors (Lipinski definition) is 7. The summed E-state index contributed by atoms with van der Waals surface area (Å²) in [6.07, 6.45) is 6.10. The van der Waals surface area contributed by atoms with Crippen LogP contribution in [0.4, 0.5) is 10.6 Å². The highest BCUT2D eigenvalue weighted by atomic mass is 32.2. The van der Waals surface area contributed by atoms with E-state index < -0.39 is 15.4 Å². The molecule has 0 radical (unpaired) electrons. The molecule has 8 nitrogen and oxygen atoms in total. The second-order valence-corrected chi connectivity index (χ2v) is 10.9. The van der Waals surface area contributed by atoms with Crippen LogP contribution in [0.15, 0.2) is 41.6 Å². The summed E-state index contributed by atoms with van der Waals surface area (Å²) in [6, 6.07) is 6.60. The minimum absolute atomic E-state index is 0.245. The van der Waals surface area contributed by atoms with Crippen LogP contribution in [-0.4, -0.2) is 60.9 Å². The number of nitrogens with one attached hydrogen (secondary N) is 1. The number of nitrogens with zero attached hydrogens (tertiary/aromatic N) is 3. The molecule has 1 N–H and O–H groups in total. The van der Waals surface area contributed by atoms with Crippen molar-refractivity contribution in [2.75, 3.05) is 31.2 Å². The second-order valence-electron chi connectivity index (χ2n) is 8.88. The van der Waals surface area contributed by atoms with Crippen molar-refractivity contribution in [1.82, 2.24) is 14.9 Å². The molecule has 1 aromatic carbocycles. The Balaban J connectivity index is 1.48. The molecule has 0 aliphatic carbocycles. The van der Waals surface area contributed by atoms with E-state index >= 15 is 0 Å². The molecule has 31 heavy (non-hydrogen) atoms. The van der Waals surface area contributed by atoms with E-state index in [1.807, 2.05) is 20.8 Å². The number of ether oxygens (including phenoxy) is 1. The third-order valence-corrected chi connectivity index (χ3v) is 6.20. The van der Waals surface area contributed by atoms with Crippen LogP contribution < -0.4 is 5.32 Å². The van der Waals surface area contributed by atoms with Crippen molar-refractivity contribution in [1.29, 1.82) is 0 Å². The maximum Gasteiger partial charge on any atom is 0.410 e. The van der Waals surface area contributed by atoms with Crippen LogP contribution in [0.2, 0.25) is 0 Å². The standard InChI is InChI=1S/C22H30N4O4S/c1-22(2,3)30-21(27)26-11-9-16(10-12-26)13-24-20-15-23-19(14-25-20)17-5-7-18(8-6-17)31(4,28)29/h5-8,14-16H,9-13H2,1-4H3,(H,24,25). The first-order valence-corrected chi connectivity index (χ1v) is 12.2. The van der Waals surface area contributed by atoms with Gasteiger partial charge in [-0.25, -0.2) is 18.2 Å². The van der Waals surface area contributed by atoms with Crippen molar-refractivity contribution < 1.29 is 17.9 Å². The Kier molecular flexibility index (Phi) is 6.83. The molecule has 2 aromatic rings. The van der Waals surface area contributed by atoms with Crippen LogP contribution in [0.5, 0.6) is 0 Å². The first-order valence-electron chi connectivity index (χ1n) is 10.4. The van der Waals surface area contributed by atoms with Gasteiger partial charge in [-0.05, 0) is 51.7 Å². The third-order valence-electron chi connectivity index (χ3n) is 5.07. The summed E-state index contributed by atoms with van der Waals surface area (Å²) in [5.41, 5.74) is 1.01. The highest BCUT2D eigenvalue weighted by Gasteiger charge is 2.26. The van der Waals surface area contributed by atoms with Gasteiger partial charge in [-0.3, -0.25) is 4.98 Å². The molecule has 1 aromatic heterocycles. The maximum absolute atomic E-state index is 12.2. The molecule has 1 fully saturated rings. The largest absolute Gasteiger partial charge is 0.444 e. The maximum atomic E-state index is 12.2. The molecule has 9 heteroatoms. The van der Waals surface area contributed by atoms with Crippen LogP contribution in [0, 0.1) is 5.92 Å². The molecule has 3 rings (SSSR count). The number of sulfone groups is 1. The number of anilines is 1. The predicted molar refractivity (Wildman–Crippen MR) is 120 cm³/mol. The molecule has 1 aliphatic rings. The molecule has 0 spiro atoms. The van der Waals surface area contributed by atoms with Gasteiger partial charge in [-0.2, -0.15) is 0 Å². The molecule has 0 bridgehead atoms. The normalized spacial score (nSPS) is 15.5. The van der Waals surface area contributed by atoms with E-state index in [9.17, 15) is 13.2 Å². The van der Waals surface area contributed by atoms with Crippen molar-refractivity contribution in [3.63, 3.8) is 0 Å². The van der Waals surface area contributed by atoms with Gasteiger partial charge in [0.1, 0.15) is 11.4 Å². The van der Waals surface area contributed by atoms with Gasteiger partial charge in [0.15, 0.2) is 9.84 Å². The summed E-state index contributed by atoms with van der Waals surface area (Å²) >= 11 is 0. The summed E-state index contributed by atoms with van der Waals surface area (Å²) in [6.45, 7) is 7.76. The van der Waals surface area contributed by atoms with Crippen molar-refractivity contribution in [3.8, 4) is 11.3 Å². The molecule has 1 aliphatic heterocycles.